The fourth-order valence-corrected chi connectivity index (χ4v) is 2.32. The van der Waals surface area contributed by atoms with E-state index in [1.807, 2.05) is 20.8 Å². The van der Waals surface area contributed by atoms with Crippen molar-refractivity contribution in [3.63, 3.8) is 0 Å². The third-order valence-corrected chi connectivity index (χ3v) is 3.81. The molecular formula is C13H20N2O3S. The minimum atomic E-state index is -3.60. The minimum absolute atomic E-state index is 0.172. The first-order chi connectivity index (χ1) is 9.03. The Kier molecular flexibility index (Phi) is 5.82. The minimum Gasteiger partial charge on any atom is -0.494 e. The highest BCUT2D eigenvalue weighted by atomic mass is 32.2. The van der Waals surface area contributed by atoms with E-state index in [4.69, 9.17) is 4.74 Å². The molecule has 106 valence electrons. The maximum Gasteiger partial charge on any atom is 0.276 e. The number of rotatable bonds is 7. The third-order valence-electron chi connectivity index (χ3n) is 2.59. The highest BCUT2D eigenvalue weighted by molar-refractivity contribution is 7.89. The molecule has 0 heterocycles. The summed E-state index contributed by atoms with van der Waals surface area (Å²) in [6.45, 7) is 6.30. The number of nitrogens with zero attached hydrogens (tertiary/aromatic N) is 1. The van der Waals surface area contributed by atoms with E-state index in [1.54, 1.807) is 12.1 Å². The normalized spacial score (nSPS) is 10.9. The Hall–Kier alpha value is -1.56. The summed E-state index contributed by atoms with van der Waals surface area (Å²) in [5, 5.41) is 3.91. The van der Waals surface area contributed by atoms with E-state index in [2.05, 4.69) is 9.93 Å². The number of benzene rings is 1. The van der Waals surface area contributed by atoms with Crippen LogP contribution in [0.5, 0.6) is 5.75 Å². The van der Waals surface area contributed by atoms with E-state index < -0.39 is 10.0 Å². The SMILES string of the molecule is CCOc1ccc(S(=O)(=O)NN=C(CC)CC)cc1. The molecule has 0 atom stereocenters. The van der Waals surface area contributed by atoms with Crippen molar-refractivity contribution in [2.45, 2.75) is 38.5 Å². The summed E-state index contributed by atoms with van der Waals surface area (Å²) in [6.07, 6.45) is 1.45. The van der Waals surface area contributed by atoms with Crippen LogP contribution < -0.4 is 9.57 Å². The maximum atomic E-state index is 12.0. The summed E-state index contributed by atoms with van der Waals surface area (Å²) in [5.74, 6) is 0.646. The topological polar surface area (TPSA) is 67.8 Å². The second-order valence-electron chi connectivity index (χ2n) is 3.88. The molecule has 0 unspecified atom stereocenters. The summed E-state index contributed by atoms with van der Waals surface area (Å²) in [7, 11) is -3.60. The van der Waals surface area contributed by atoms with Gasteiger partial charge in [0.15, 0.2) is 0 Å². The summed E-state index contributed by atoms with van der Waals surface area (Å²) < 4.78 is 29.2. The van der Waals surface area contributed by atoms with Crippen molar-refractivity contribution in [1.82, 2.24) is 4.83 Å². The van der Waals surface area contributed by atoms with E-state index >= 15 is 0 Å². The lowest BCUT2D eigenvalue weighted by atomic mass is 10.2. The number of hydrogen-bond acceptors (Lipinski definition) is 4. The number of ether oxygens (including phenoxy) is 1. The molecule has 0 spiro atoms. The molecule has 1 rings (SSSR count). The Morgan fingerprint density at radius 3 is 2.21 bits per heavy atom. The first-order valence-electron chi connectivity index (χ1n) is 6.33. The smallest absolute Gasteiger partial charge is 0.276 e. The van der Waals surface area contributed by atoms with E-state index in [0.717, 1.165) is 18.6 Å². The summed E-state index contributed by atoms with van der Waals surface area (Å²) >= 11 is 0. The predicted octanol–water partition coefficient (Wildman–Crippen LogP) is 2.54. The first kappa shape index (κ1) is 15.5. The lowest BCUT2D eigenvalue weighted by Crippen LogP contribution is -2.20. The summed E-state index contributed by atoms with van der Waals surface area (Å²) in [4.78, 5) is 2.42. The van der Waals surface area contributed by atoms with Crippen molar-refractivity contribution in [1.29, 1.82) is 0 Å². The maximum absolute atomic E-state index is 12.0. The van der Waals surface area contributed by atoms with E-state index in [1.165, 1.54) is 12.1 Å². The van der Waals surface area contributed by atoms with Gasteiger partial charge in [-0.25, -0.2) is 4.83 Å². The van der Waals surface area contributed by atoms with Gasteiger partial charge in [0.05, 0.1) is 11.5 Å². The second kappa shape index (κ2) is 7.13. The fraction of sp³-hybridized carbons (Fsp3) is 0.462. The van der Waals surface area contributed by atoms with Gasteiger partial charge in [-0.2, -0.15) is 13.5 Å². The lowest BCUT2D eigenvalue weighted by Gasteiger charge is -2.07. The summed E-state index contributed by atoms with van der Waals surface area (Å²) in [6, 6.07) is 6.26. The van der Waals surface area contributed by atoms with Gasteiger partial charge < -0.3 is 4.74 Å². The average Bonchev–Trinajstić information content (AvgIpc) is 2.41. The van der Waals surface area contributed by atoms with Crippen molar-refractivity contribution in [2.24, 2.45) is 5.10 Å². The van der Waals surface area contributed by atoms with Gasteiger partial charge in [0.25, 0.3) is 10.0 Å². The molecule has 0 aromatic heterocycles. The van der Waals surface area contributed by atoms with E-state index in [9.17, 15) is 8.42 Å². The van der Waals surface area contributed by atoms with Crippen molar-refractivity contribution in [3.8, 4) is 5.75 Å². The largest absolute Gasteiger partial charge is 0.494 e. The molecule has 0 amide bonds. The molecule has 1 aromatic carbocycles. The zero-order chi connectivity index (χ0) is 14.3. The number of nitrogens with one attached hydrogen (secondary N) is 1. The molecule has 0 saturated carbocycles. The lowest BCUT2D eigenvalue weighted by molar-refractivity contribution is 0.340. The molecular weight excluding hydrogens is 264 g/mol. The Morgan fingerprint density at radius 1 is 1.16 bits per heavy atom. The van der Waals surface area contributed by atoms with Crippen LogP contribution in [0, 0.1) is 0 Å². The molecule has 6 heteroatoms. The zero-order valence-corrected chi connectivity index (χ0v) is 12.3. The Bertz CT molecular complexity index is 515. The molecule has 0 aliphatic carbocycles. The number of sulfonamides is 1. The molecule has 0 saturated heterocycles. The van der Waals surface area contributed by atoms with Crippen LogP contribution in [-0.2, 0) is 10.0 Å². The van der Waals surface area contributed by atoms with Gasteiger partial charge in [-0.15, -0.1) is 0 Å². The monoisotopic (exact) mass is 284 g/mol. The highest BCUT2D eigenvalue weighted by Crippen LogP contribution is 2.15. The van der Waals surface area contributed by atoms with Crippen LogP contribution >= 0.6 is 0 Å². The average molecular weight is 284 g/mol. The molecule has 1 aromatic rings. The van der Waals surface area contributed by atoms with Crippen LogP contribution in [0.1, 0.15) is 33.6 Å². The predicted molar refractivity (Wildman–Crippen MR) is 75.9 cm³/mol. The number of hydrazone groups is 1. The van der Waals surface area contributed by atoms with Crippen LogP contribution in [0.3, 0.4) is 0 Å². The van der Waals surface area contributed by atoms with Crippen LogP contribution in [0.25, 0.3) is 0 Å². The fourth-order valence-electron chi connectivity index (χ4n) is 1.47. The van der Waals surface area contributed by atoms with Crippen molar-refractivity contribution >= 4 is 15.7 Å². The first-order valence-corrected chi connectivity index (χ1v) is 7.81. The quantitative estimate of drug-likeness (QED) is 0.618. The molecule has 0 aliphatic heterocycles. The highest BCUT2D eigenvalue weighted by Gasteiger charge is 2.12. The second-order valence-corrected chi connectivity index (χ2v) is 5.55. The van der Waals surface area contributed by atoms with Crippen LogP contribution in [0.15, 0.2) is 34.3 Å². The number of hydrogen-bond donors (Lipinski definition) is 1. The van der Waals surface area contributed by atoms with Gasteiger partial charge in [0.2, 0.25) is 0 Å². The van der Waals surface area contributed by atoms with Gasteiger partial charge in [-0.1, -0.05) is 13.8 Å². The zero-order valence-electron chi connectivity index (χ0n) is 11.5. The van der Waals surface area contributed by atoms with E-state index in [0.29, 0.717) is 12.4 Å². The van der Waals surface area contributed by atoms with Crippen molar-refractivity contribution < 1.29 is 13.2 Å². The van der Waals surface area contributed by atoms with Gasteiger partial charge >= 0.3 is 0 Å². The molecule has 0 radical (unpaired) electrons. The van der Waals surface area contributed by atoms with Gasteiger partial charge in [-0.3, -0.25) is 0 Å². The molecule has 0 bridgehead atoms. The van der Waals surface area contributed by atoms with Crippen LogP contribution in [-0.4, -0.2) is 20.7 Å². The van der Waals surface area contributed by atoms with Gasteiger partial charge in [0, 0.05) is 5.71 Å². The molecule has 19 heavy (non-hydrogen) atoms. The van der Waals surface area contributed by atoms with Gasteiger partial charge in [-0.05, 0) is 44.0 Å². The van der Waals surface area contributed by atoms with Gasteiger partial charge in [0.1, 0.15) is 5.75 Å². The van der Waals surface area contributed by atoms with Crippen molar-refractivity contribution in [3.05, 3.63) is 24.3 Å². The standard InChI is InChI=1S/C13H20N2O3S/c1-4-11(5-2)14-15-19(16,17)13-9-7-12(8-10-13)18-6-3/h7-10,15H,4-6H2,1-3H3. The third kappa shape index (κ3) is 4.55. The Balaban J connectivity index is 2.85. The van der Waals surface area contributed by atoms with Crippen LogP contribution in [0.2, 0.25) is 0 Å². The molecule has 0 fully saturated rings. The molecule has 0 aliphatic rings. The van der Waals surface area contributed by atoms with Crippen molar-refractivity contribution in [2.75, 3.05) is 6.61 Å². The Labute approximate surface area is 114 Å². The Morgan fingerprint density at radius 2 is 1.74 bits per heavy atom. The molecule has 5 nitrogen and oxygen atoms in total. The molecule has 1 N–H and O–H groups in total. The van der Waals surface area contributed by atoms with E-state index in [-0.39, 0.29) is 4.90 Å². The van der Waals surface area contributed by atoms with Crippen LogP contribution in [0.4, 0.5) is 0 Å². The summed E-state index contributed by atoms with van der Waals surface area (Å²) in [5.41, 5.74) is 0.814.